The van der Waals surface area contributed by atoms with E-state index < -0.39 is 5.97 Å². The van der Waals surface area contributed by atoms with Crippen LogP contribution in [0.25, 0.3) is 0 Å². The number of nitrogens with one attached hydrogen (secondary N) is 1. The number of rotatable bonds is 8. The summed E-state index contributed by atoms with van der Waals surface area (Å²) < 4.78 is 0. The van der Waals surface area contributed by atoms with Crippen molar-refractivity contribution < 1.29 is 19.5 Å². The third-order valence-corrected chi connectivity index (χ3v) is 4.15. The molecule has 0 aliphatic carbocycles. The molecule has 0 radical (unpaired) electrons. The van der Waals surface area contributed by atoms with Gasteiger partial charge in [0, 0.05) is 38.3 Å². The number of hydrogen-bond acceptors (Lipinski definition) is 4. The van der Waals surface area contributed by atoms with E-state index in [0.29, 0.717) is 12.9 Å². The molecular formula is C16H22BN3O4. The lowest BCUT2D eigenvalue weighted by Crippen LogP contribution is -2.48. The lowest BCUT2D eigenvalue weighted by atomic mass is 9.42. The molecule has 0 aromatic carbocycles. The highest BCUT2D eigenvalue weighted by Crippen LogP contribution is 2.16. The Bertz CT molecular complexity index is 582. The van der Waals surface area contributed by atoms with Gasteiger partial charge in [0.05, 0.1) is 6.42 Å². The molecule has 24 heavy (non-hydrogen) atoms. The van der Waals surface area contributed by atoms with Crippen LogP contribution in [0.5, 0.6) is 0 Å². The standard InChI is InChI=1S/C16H22BN3O4/c21-14(19-9-4-15(22)23)12-17-6-1-10-20(16(17)24)11-5-13-2-7-18-8-3-13/h2-3,7-8H,1,4-6,9-12H2,(H,19,21)(H,22,23). The molecular weight excluding hydrogens is 309 g/mol. The number of hydrogen-bond donors (Lipinski definition) is 2. The van der Waals surface area contributed by atoms with Crippen LogP contribution in [0.15, 0.2) is 24.5 Å². The Kier molecular flexibility index (Phi) is 6.78. The van der Waals surface area contributed by atoms with Gasteiger partial charge in [0.1, 0.15) is 0 Å². The predicted octanol–water partition coefficient (Wildman–Crippen LogP) is 1.12. The maximum atomic E-state index is 12.5. The minimum atomic E-state index is -0.952. The first-order valence-electron chi connectivity index (χ1n) is 8.22. The lowest BCUT2D eigenvalue weighted by molar-refractivity contribution is -0.136. The summed E-state index contributed by atoms with van der Waals surface area (Å²) in [5, 5.41) is 11.1. The molecule has 2 amide bonds. The third-order valence-electron chi connectivity index (χ3n) is 4.15. The van der Waals surface area contributed by atoms with Crippen LogP contribution in [-0.2, 0) is 16.0 Å². The molecule has 0 unspecified atom stereocenters. The molecule has 1 aromatic rings. The Morgan fingerprint density at radius 1 is 1.33 bits per heavy atom. The number of aliphatic carboxylic acids is 1. The minimum Gasteiger partial charge on any atom is -0.481 e. The van der Waals surface area contributed by atoms with Gasteiger partial charge in [0.2, 0.25) is 5.91 Å². The third kappa shape index (κ3) is 5.68. The van der Waals surface area contributed by atoms with Crippen molar-refractivity contribution in [2.45, 2.75) is 31.9 Å². The predicted molar refractivity (Wildman–Crippen MR) is 90.2 cm³/mol. The van der Waals surface area contributed by atoms with Crippen molar-refractivity contribution in [3.63, 3.8) is 0 Å². The van der Waals surface area contributed by atoms with Crippen LogP contribution in [0.1, 0.15) is 18.4 Å². The van der Waals surface area contributed by atoms with E-state index in [1.165, 1.54) is 0 Å². The zero-order valence-electron chi connectivity index (χ0n) is 13.6. The van der Waals surface area contributed by atoms with Crippen LogP contribution >= 0.6 is 0 Å². The Hall–Kier alpha value is -2.38. The summed E-state index contributed by atoms with van der Waals surface area (Å²) in [4.78, 5) is 40.6. The largest absolute Gasteiger partial charge is 0.481 e. The van der Waals surface area contributed by atoms with Crippen LogP contribution in [0.2, 0.25) is 12.6 Å². The Morgan fingerprint density at radius 3 is 2.79 bits per heavy atom. The first-order valence-corrected chi connectivity index (χ1v) is 8.22. The molecule has 7 nitrogen and oxygen atoms in total. The molecule has 0 bridgehead atoms. The second-order valence-corrected chi connectivity index (χ2v) is 5.97. The first-order chi connectivity index (χ1) is 11.6. The molecule has 2 N–H and O–H groups in total. The highest BCUT2D eigenvalue weighted by atomic mass is 16.4. The normalized spacial score (nSPS) is 14.6. The fraction of sp³-hybridized carbons (Fsp3) is 0.500. The van der Waals surface area contributed by atoms with Crippen molar-refractivity contribution in [2.24, 2.45) is 0 Å². The lowest BCUT2D eigenvalue weighted by Gasteiger charge is -2.31. The monoisotopic (exact) mass is 331 g/mol. The molecule has 0 atom stereocenters. The Balaban J connectivity index is 1.78. The highest BCUT2D eigenvalue weighted by Gasteiger charge is 2.33. The molecule has 2 heterocycles. The van der Waals surface area contributed by atoms with Gasteiger partial charge in [0.25, 0.3) is 6.71 Å². The summed E-state index contributed by atoms with van der Waals surface area (Å²) in [5.41, 5.74) is 1.13. The smallest absolute Gasteiger partial charge is 0.305 e. The second-order valence-electron chi connectivity index (χ2n) is 5.97. The van der Waals surface area contributed by atoms with Crippen molar-refractivity contribution in [1.82, 2.24) is 15.2 Å². The molecule has 128 valence electrons. The maximum Gasteiger partial charge on any atom is 0.305 e. The summed E-state index contributed by atoms with van der Waals surface area (Å²) in [5.74, 6) is -1.19. The van der Waals surface area contributed by atoms with Gasteiger partial charge in [-0.3, -0.25) is 19.4 Å². The van der Waals surface area contributed by atoms with E-state index in [1.807, 2.05) is 17.0 Å². The molecule has 1 saturated heterocycles. The van der Waals surface area contributed by atoms with Gasteiger partial charge in [-0.2, -0.15) is 0 Å². The molecule has 0 spiro atoms. The fourth-order valence-corrected chi connectivity index (χ4v) is 2.85. The molecule has 1 aliphatic heterocycles. The van der Waals surface area contributed by atoms with E-state index in [4.69, 9.17) is 5.11 Å². The van der Waals surface area contributed by atoms with E-state index in [-0.39, 0.29) is 37.7 Å². The van der Waals surface area contributed by atoms with Gasteiger partial charge in [-0.05, 0) is 30.5 Å². The van der Waals surface area contributed by atoms with E-state index in [0.717, 1.165) is 24.9 Å². The molecule has 2 rings (SSSR count). The quantitative estimate of drug-likeness (QED) is 0.695. The number of carboxylic acid groups (broad SMARTS) is 1. The average molecular weight is 331 g/mol. The van der Waals surface area contributed by atoms with Crippen molar-refractivity contribution in [3.05, 3.63) is 30.1 Å². The van der Waals surface area contributed by atoms with Gasteiger partial charge < -0.3 is 15.3 Å². The van der Waals surface area contributed by atoms with E-state index in [2.05, 4.69) is 10.3 Å². The van der Waals surface area contributed by atoms with Crippen molar-refractivity contribution in [3.8, 4) is 0 Å². The van der Waals surface area contributed by atoms with Gasteiger partial charge in [-0.15, -0.1) is 0 Å². The number of carbonyl (C=O) groups is 3. The zero-order valence-corrected chi connectivity index (χ0v) is 13.6. The number of aromatic nitrogens is 1. The Labute approximate surface area is 141 Å². The van der Waals surface area contributed by atoms with Crippen molar-refractivity contribution in [2.75, 3.05) is 19.6 Å². The van der Waals surface area contributed by atoms with Gasteiger partial charge in [-0.25, -0.2) is 0 Å². The van der Waals surface area contributed by atoms with Gasteiger partial charge in [-0.1, -0.05) is 6.32 Å². The van der Waals surface area contributed by atoms with Gasteiger partial charge >= 0.3 is 5.97 Å². The van der Waals surface area contributed by atoms with E-state index in [9.17, 15) is 14.4 Å². The molecule has 1 fully saturated rings. The van der Waals surface area contributed by atoms with Crippen LogP contribution in [-0.4, -0.2) is 59.0 Å². The van der Waals surface area contributed by atoms with Crippen molar-refractivity contribution in [1.29, 1.82) is 0 Å². The SMILES string of the molecule is O=C(O)CCNC(=O)CB1CCCN(CCc2ccncc2)C1=O. The van der Waals surface area contributed by atoms with Crippen molar-refractivity contribution >= 4 is 24.4 Å². The zero-order chi connectivity index (χ0) is 17.4. The summed E-state index contributed by atoms with van der Waals surface area (Å²) in [7, 11) is 0. The summed E-state index contributed by atoms with van der Waals surface area (Å²) in [6.45, 7) is 1.16. The molecule has 0 saturated carbocycles. The summed E-state index contributed by atoms with van der Waals surface area (Å²) in [6, 6.07) is 3.86. The average Bonchev–Trinajstić information content (AvgIpc) is 2.56. The number of amides is 2. The number of carbonyl (C=O) groups excluding carboxylic acids is 2. The fourth-order valence-electron chi connectivity index (χ4n) is 2.85. The highest BCUT2D eigenvalue weighted by molar-refractivity contribution is 6.91. The molecule has 1 aliphatic rings. The topological polar surface area (TPSA) is 99.6 Å². The summed E-state index contributed by atoms with van der Waals surface area (Å²) in [6.07, 6.45) is 5.85. The van der Waals surface area contributed by atoms with Crippen LogP contribution in [0, 0.1) is 0 Å². The van der Waals surface area contributed by atoms with E-state index in [1.54, 1.807) is 12.4 Å². The maximum absolute atomic E-state index is 12.5. The molecule has 1 aromatic heterocycles. The number of nitrogens with zero attached hydrogens (tertiary/aromatic N) is 2. The van der Waals surface area contributed by atoms with Gasteiger partial charge in [0.15, 0.2) is 5.81 Å². The number of carboxylic acids is 1. The molecule has 8 heteroatoms. The van der Waals surface area contributed by atoms with Crippen LogP contribution in [0.4, 0.5) is 4.79 Å². The van der Waals surface area contributed by atoms with Crippen LogP contribution < -0.4 is 5.32 Å². The first kappa shape index (κ1) is 18.0. The Morgan fingerprint density at radius 2 is 2.08 bits per heavy atom. The summed E-state index contributed by atoms with van der Waals surface area (Å²) >= 11 is 0. The van der Waals surface area contributed by atoms with Crippen LogP contribution in [0.3, 0.4) is 0 Å². The second kappa shape index (κ2) is 9.05. The van der Waals surface area contributed by atoms with E-state index >= 15 is 0 Å². The number of pyridine rings is 1. The minimum absolute atomic E-state index is 0.0173.